The summed E-state index contributed by atoms with van der Waals surface area (Å²) in [6.45, 7) is 5.81. The standard InChI is InChI=1S/C22H25FINO3/c1-22(2,3)28-21(26)25(4)18-11-10-15-16(18)12-17(24)20(19(15)23)27-13-14-8-6-5-7-9-14/h5-9,12,18H,10-11,13H2,1-4H3. The Kier molecular flexibility index (Phi) is 6.17. The molecule has 0 bridgehead atoms. The number of halogens is 2. The number of amides is 1. The van der Waals surface area contributed by atoms with Gasteiger partial charge in [0.2, 0.25) is 0 Å². The lowest BCUT2D eigenvalue weighted by atomic mass is 10.1. The van der Waals surface area contributed by atoms with Gasteiger partial charge < -0.3 is 14.4 Å². The Morgan fingerprint density at radius 1 is 1.29 bits per heavy atom. The summed E-state index contributed by atoms with van der Waals surface area (Å²) in [5.74, 6) is -0.0401. The minimum atomic E-state index is -0.568. The monoisotopic (exact) mass is 497 g/mol. The average Bonchev–Trinajstić information content (AvgIpc) is 3.04. The van der Waals surface area contributed by atoms with Crippen molar-refractivity contribution in [3.05, 3.63) is 62.5 Å². The van der Waals surface area contributed by atoms with E-state index < -0.39 is 11.7 Å². The van der Waals surface area contributed by atoms with Gasteiger partial charge in [-0.1, -0.05) is 30.3 Å². The summed E-state index contributed by atoms with van der Waals surface area (Å²) in [4.78, 5) is 14.0. The first-order chi connectivity index (χ1) is 13.2. The van der Waals surface area contributed by atoms with Gasteiger partial charge in [-0.2, -0.15) is 0 Å². The Morgan fingerprint density at radius 2 is 1.96 bits per heavy atom. The molecule has 0 aliphatic heterocycles. The van der Waals surface area contributed by atoms with E-state index in [2.05, 4.69) is 22.6 Å². The predicted molar refractivity (Wildman–Crippen MR) is 115 cm³/mol. The zero-order valence-electron chi connectivity index (χ0n) is 16.6. The minimum Gasteiger partial charge on any atom is -0.485 e. The summed E-state index contributed by atoms with van der Waals surface area (Å²) in [5.41, 5.74) is 1.88. The van der Waals surface area contributed by atoms with Crippen LogP contribution in [0.15, 0.2) is 36.4 Å². The molecule has 1 atom stereocenters. The summed E-state index contributed by atoms with van der Waals surface area (Å²) in [5, 5.41) is 0. The SMILES string of the molecule is CN(C(=O)OC(C)(C)C)C1CCc2c1cc(I)c(OCc1ccccc1)c2F. The summed E-state index contributed by atoms with van der Waals surface area (Å²) in [6.07, 6.45) is 0.836. The average molecular weight is 497 g/mol. The minimum absolute atomic E-state index is 0.198. The van der Waals surface area contributed by atoms with Gasteiger partial charge in [0.05, 0.1) is 9.61 Å². The van der Waals surface area contributed by atoms with E-state index in [-0.39, 0.29) is 17.6 Å². The topological polar surface area (TPSA) is 38.8 Å². The maximum absolute atomic E-state index is 15.2. The molecule has 0 radical (unpaired) electrons. The lowest BCUT2D eigenvalue weighted by Gasteiger charge is -2.29. The van der Waals surface area contributed by atoms with E-state index in [1.165, 1.54) is 0 Å². The fourth-order valence-corrected chi connectivity index (χ4v) is 4.10. The Bertz CT molecular complexity index is 864. The lowest BCUT2D eigenvalue weighted by molar-refractivity contribution is 0.0220. The van der Waals surface area contributed by atoms with Crippen LogP contribution < -0.4 is 4.74 Å². The van der Waals surface area contributed by atoms with Crippen LogP contribution in [0.3, 0.4) is 0 Å². The number of rotatable bonds is 4. The van der Waals surface area contributed by atoms with Crippen molar-refractivity contribution in [2.45, 2.75) is 51.9 Å². The summed E-state index contributed by atoms with van der Waals surface area (Å²) in [7, 11) is 1.71. The van der Waals surface area contributed by atoms with Gasteiger partial charge in [-0.3, -0.25) is 0 Å². The van der Waals surface area contributed by atoms with Gasteiger partial charge in [0.1, 0.15) is 12.2 Å². The van der Waals surface area contributed by atoms with Crippen molar-refractivity contribution >= 4 is 28.7 Å². The smallest absolute Gasteiger partial charge is 0.410 e. The molecule has 0 saturated carbocycles. The molecule has 2 aromatic carbocycles. The number of hydrogen-bond donors (Lipinski definition) is 0. The number of carbonyl (C=O) groups excluding carboxylic acids is 1. The van der Waals surface area contributed by atoms with Gasteiger partial charge >= 0.3 is 6.09 Å². The quantitative estimate of drug-likeness (QED) is 0.497. The van der Waals surface area contributed by atoms with Crippen molar-refractivity contribution in [1.29, 1.82) is 0 Å². The molecule has 2 aromatic rings. The highest BCUT2D eigenvalue weighted by molar-refractivity contribution is 14.1. The third-order valence-electron chi connectivity index (χ3n) is 4.71. The molecular formula is C22H25FINO3. The fraction of sp³-hybridized carbons (Fsp3) is 0.409. The molecule has 4 nitrogen and oxygen atoms in total. The van der Waals surface area contributed by atoms with E-state index in [1.54, 1.807) is 11.9 Å². The van der Waals surface area contributed by atoms with Crippen molar-refractivity contribution in [1.82, 2.24) is 4.90 Å². The summed E-state index contributed by atoms with van der Waals surface area (Å²) in [6, 6.07) is 11.4. The molecule has 1 amide bonds. The Morgan fingerprint density at radius 3 is 2.61 bits per heavy atom. The molecule has 1 aliphatic rings. The van der Waals surface area contributed by atoms with E-state index >= 15 is 4.39 Å². The molecule has 0 saturated heterocycles. The Hall–Kier alpha value is -1.83. The van der Waals surface area contributed by atoms with E-state index in [9.17, 15) is 4.79 Å². The second-order valence-electron chi connectivity index (χ2n) is 7.99. The molecule has 0 fully saturated rings. The Balaban J connectivity index is 1.81. The second-order valence-corrected chi connectivity index (χ2v) is 9.15. The molecule has 1 aliphatic carbocycles. The first-order valence-corrected chi connectivity index (χ1v) is 10.4. The van der Waals surface area contributed by atoms with Crippen LogP contribution in [0.2, 0.25) is 0 Å². The van der Waals surface area contributed by atoms with Gasteiger partial charge in [0.15, 0.2) is 11.6 Å². The third kappa shape index (κ3) is 4.59. The van der Waals surface area contributed by atoms with E-state index in [1.807, 2.05) is 57.2 Å². The zero-order valence-corrected chi connectivity index (χ0v) is 18.7. The molecule has 0 heterocycles. The molecule has 0 N–H and O–H groups in total. The number of carbonyl (C=O) groups is 1. The highest BCUT2D eigenvalue weighted by Crippen LogP contribution is 2.42. The number of benzene rings is 2. The van der Waals surface area contributed by atoms with Gasteiger partial charge in [-0.25, -0.2) is 9.18 Å². The van der Waals surface area contributed by atoms with Gasteiger partial charge in [0, 0.05) is 7.05 Å². The van der Waals surface area contributed by atoms with Crippen LogP contribution >= 0.6 is 22.6 Å². The van der Waals surface area contributed by atoms with E-state index in [0.29, 0.717) is 28.6 Å². The van der Waals surface area contributed by atoms with E-state index in [0.717, 1.165) is 11.1 Å². The van der Waals surface area contributed by atoms with Gasteiger partial charge in [0.25, 0.3) is 0 Å². The van der Waals surface area contributed by atoms with Crippen molar-refractivity contribution in [3.8, 4) is 5.75 Å². The fourth-order valence-electron chi connectivity index (χ4n) is 3.37. The Labute approximate surface area is 179 Å². The molecule has 0 spiro atoms. The third-order valence-corrected chi connectivity index (χ3v) is 5.51. The predicted octanol–water partition coefficient (Wildman–Crippen LogP) is 5.86. The number of hydrogen-bond acceptors (Lipinski definition) is 3. The lowest BCUT2D eigenvalue weighted by Crippen LogP contribution is -2.36. The van der Waals surface area contributed by atoms with Crippen LogP contribution in [0.5, 0.6) is 5.75 Å². The maximum atomic E-state index is 15.2. The highest BCUT2D eigenvalue weighted by atomic mass is 127. The molecule has 1 unspecified atom stereocenters. The normalized spacial score (nSPS) is 15.9. The maximum Gasteiger partial charge on any atom is 0.410 e. The number of fused-ring (bicyclic) bond motifs is 1. The van der Waals surface area contributed by atoms with Crippen LogP contribution in [-0.4, -0.2) is 23.6 Å². The van der Waals surface area contributed by atoms with Gasteiger partial charge in [-0.15, -0.1) is 0 Å². The first-order valence-electron chi connectivity index (χ1n) is 9.30. The van der Waals surface area contributed by atoms with Crippen molar-refractivity contribution in [2.24, 2.45) is 0 Å². The van der Waals surface area contributed by atoms with Crippen LogP contribution in [0.1, 0.15) is 49.9 Å². The molecule has 3 rings (SSSR count). The van der Waals surface area contributed by atoms with Crippen molar-refractivity contribution < 1.29 is 18.7 Å². The summed E-state index contributed by atoms with van der Waals surface area (Å²) < 4.78 is 27.2. The van der Waals surface area contributed by atoms with Crippen LogP contribution in [0.25, 0.3) is 0 Å². The molecule has 0 aromatic heterocycles. The van der Waals surface area contributed by atoms with Gasteiger partial charge in [-0.05, 0) is 79.0 Å². The number of nitrogens with zero attached hydrogens (tertiary/aromatic N) is 1. The molecule has 6 heteroatoms. The first kappa shape index (κ1) is 20.9. The van der Waals surface area contributed by atoms with Crippen LogP contribution in [0, 0.1) is 9.39 Å². The van der Waals surface area contributed by atoms with Crippen molar-refractivity contribution in [2.75, 3.05) is 7.05 Å². The second kappa shape index (κ2) is 8.27. The van der Waals surface area contributed by atoms with Crippen LogP contribution in [-0.2, 0) is 17.8 Å². The zero-order chi connectivity index (χ0) is 20.5. The molecule has 28 heavy (non-hydrogen) atoms. The number of ether oxygens (including phenoxy) is 2. The molecule has 150 valence electrons. The largest absolute Gasteiger partial charge is 0.485 e. The molecular weight excluding hydrogens is 472 g/mol. The summed E-state index contributed by atoms with van der Waals surface area (Å²) >= 11 is 2.10. The van der Waals surface area contributed by atoms with Crippen molar-refractivity contribution in [3.63, 3.8) is 0 Å². The van der Waals surface area contributed by atoms with E-state index in [4.69, 9.17) is 9.47 Å². The van der Waals surface area contributed by atoms with Crippen LogP contribution in [0.4, 0.5) is 9.18 Å². The highest BCUT2D eigenvalue weighted by Gasteiger charge is 2.34.